The lowest BCUT2D eigenvalue weighted by Gasteiger charge is -2.56. The maximum atomic E-state index is 14.3. The number of fused-ring (bicyclic) bond motifs is 1. The van der Waals surface area contributed by atoms with Gasteiger partial charge in [0.25, 0.3) is 0 Å². The van der Waals surface area contributed by atoms with Gasteiger partial charge in [-0.15, -0.1) is 0 Å². The van der Waals surface area contributed by atoms with Crippen LogP contribution in [0.3, 0.4) is 0 Å². The molecule has 0 spiro atoms. The number of rotatable bonds is 4. The maximum absolute atomic E-state index is 14.3. The zero-order valence-electron chi connectivity index (χ0n) is 18.3. The second-order valence-corrected chi connectivity index (χ2v) is 11.4. The summed E-state index contributed by atoms with van der Waals surface area (Å²) in [7, 11) is 0. The molecule has 1 aromatic carbocycles. The Bertz CT molecular complexity index is 1120. The number of amides is 1. The first-order valence-electron chi connectivity index (χ1n) is 11.6. The molecule has 7 rings (SSSR count). The molecule has 0 aliphatic heterocycles. The lowest BCUT2D eigenvalue weighted by Crippen LogP contribution is -2.54. The second kappa shape index (κ2) is 7.13. The summed E-state index contributed by atoms with van der Waals surface area (Å²) >= 11 is 1.67. The summed E-state index contributed by atoms with van der Waals surface area (Å²) in [5.74, 6) is 2.55. The van der Waals surface area contributed by atoms with E-state index in [-0.39, 0.29) is 5.41 Å². The Kier molecular flexibility index (Phi) is 4.46. The number of anilines is 1. The van der Waals surface area contributed by atoms with Gasteiger partial charge in [0.05, 0.1) is 22.2 Å². The lowest BCUT2D eigenvalue weighted by atomic mass is 9.49. The van der Waals surface area contributed by atoms with Crippen LogP contribution in [0.5, 0.6) is 0 Å². The number of carbonyl (C=O) groups excluding carboxylic acids is 1. The van der Waals surface area contributed by atoms with Gasteiger partial charge in [-0.25, -0.2) is 4.98 Å². The molecule has 4 aliphatic rings. The molecule has 0 radical (unpaired) electrons. The van der Waals surface area contributed by atoms with Gasteiger partial charge in [0.2, 0.25) is 5.91 Å². The van der Waals surface area contributed by atoms with Crippen molar-refractivity contribution in [2.75, 3.05) is 4.90 Å². The summed E-state index contributed by atoms with van der Waals surface area (Å²) in [5, 5.41) is 0.841. The maximum Gasteiger partial charge on any atom is 0.235 e. The number of benzene rings is 1. The molecule has 0 unspecified atom stereocenters. The van der Waals surface area contributed by atoms with Crippen LogP contribution in [0, 0.1) is 37.0 Å². The van der Waals surface area contributed by atoms with Crippen LogP contribution < -0.4 is 4.90 Å². The summed E-state index contributed by atoms with van der Waals surface area (Å²) in [6.45, 7) is 4.80. The van der Waals surface area contributed by atoms with Crippen LogP contribution in [0.4, 0.5) is 5.13 Å². The third-order valence-electron chi connectivity index (χ3n) is 7.84. The molecular weight excluding hydrogens is 402 g/mol. The number of thiazole rings is 1. The molecule has 2 heterocycles. The van der Waals surface area contributed by atoms with Gasteiger partial charge in [-0.2, -0.15) is 0 Å². The topological polar surface area (TPSA) is 46.1 Å². The Morgan fingerprint density at radius 2 is 1.84 bits per heavy atom. The number of carbonyl (C=O) groups is 1. The Labute approximate surface area is 187 Å². The van der Waals surface area contributed by atoms with E-state index in [4.69, 9.17) is 4.98 Å². The Hall–Kier alpha value is -2.27. The molecule has 5 heteroatoms. The van der Waals surface area contributed by atoms with Crippen LogP contribution in [0.1, 0.15) is 55.2 Å². The fourth-order valence-corrected chi connectivity index (χ4v) is 8.05. The van der Waals surface area contributed by atoms with E-state index in [1.165, 1.54) is 35.1 Å². The van der Waals surface area contributed by atoms with Gasteiger partial charge in [-0.05, 0) is 98.9 Å². The predicted octanol–water partition coefficient (Wildman–Crippen LogP) is 6.06. The molecule has 4 aliphatic carbocycles. The van der Waals surface area contributed by atoms with Crippen molar-refractivity contribution in [3.8, 4) is 0 Å². The van der Waals surface area contributed by atoms with E-state index >= 15 is 0 Å². The van der Waals surface area contributed by atoms with Gasteiger partial charge in [0.15, 0.2) is 5.13 Å². The fourth-order valence-electron chi connectivity index (χ4n) is 7.04. The molecule has 3 aromatic rings. The second-order valence-electron chi connectivity index (χ2n) is 10.4. The molecule has 0 saturated heterocycles. The number of aryl methyl sites for hydroxylation is 2. The summed E-state index contributed by atoms with van der Waals surface area (Å²) in [4.78, 5) is 25.6. The quantitative estimate of drug-likeness (QED) is 0.504. The van der Waals surface area contributed by atoms with E-state index < -0.39 is 0 Å². The molecule has 0 atom stereocenters. The zero-order valence-corrected chi connectivity index (χ0v) is 19.1. The number of nitrogens with zero attached hydrogens (tertiary/aromatic N) is 3. The summed E-state index contributed by atoms with van der Waals surface area (Å²) in [6, 6.07) is 8.36. The van der Waals surface area contributed by atoms with Crippen LogP contribution in [-0.2, 0) is 11.3 Å². The van der Waals surface area contributed by atoms with Crippen molar-refractivity contribution in [2.24, 2.45) is 23.2 Å². The number of hydrogen-bond donors (Lipinski definition) is 0. The van der Waals surface area contributed by atoms with Crippen molar-refractivity contribution in [3.05, 3.63) is 53.3 Å². The average Bonchev–Trinajstić information content (AvgIpc) is 3.15. The van der Waals surface area contributed by atoms with E-state index in [1.54, 1.807) is 17.5 Å². The Morgan fingerprint density at radius 3 is 2.48 bits per heavy atom. The summed E-state index contributed by atoms with van der Waals surface area (Å²) in [5.41, 5.74) is 4.34. The predicted molar refractivity (Wildman–Crippen MR) is 125 cm³/mol. The number of pyridine rings is 1. The molecule has 160 valence electrons. The lowest BCUT2D eigenvalue weighted by molar-refractivity contribution is -0.143. The highest BCUT2D eigenvalue weighted by molar-refractivity contribution is 7.22. The van der Waals surface area contributed by atoms with Gasteiger partial charge in [-0.1, -0.05) is 23.5 Å². The smallest absolute Gasteiger partial charge is 0.235 e. The standard InChI is InChI=1S/C26H29N3OS/c1-16-6-17(2)23-22(7-16)28-25(31-23)29(15-18-4-3-5-27-14-18)24(30)26-11-19-8-20(12-26)10-21(9-19)13-26/h3-7,14,19-21H,8-13,15H2,1-2H3. The third kappa shape index (κ3) is 3.29. The van der Waals surface area contributed by atoms with Crippen molar-refractivity contribution in [1.29, 1.82) is 0 Å². The zero-order chi connectivity index (χ0) is 21.2. The van der Waals surface area contributed by atoms with Crippen LogP contribution in [0.25, 0.3) is 10.2 Å². The largest absolute Gasteiger partial charge is 0.283 e. The summed E-state index contributed by atoms with van der Waals surface area (Å²) in [6.07, 6.45) is 10.9. The molecule has 0 N–H and O–H groups in total. The van der Waals surface area contributed by atoms with Crippen molar-refractivity contribution < 1.29 is 4.79 Å². The van der Waals surface area contributed by atoms with Gasteiger partial charge < -0.3 is 0 Å². The van der Waals surface area contributed by atoms with E-state index in [0.717, 1.165) is 53.2 Å². The highest BCUT2D eigenvalue weighted by Crippen LogP contribution is 2.61. The fraction of sp³-hybridized carbons (Fsp3) is 0.500. The Balaban J connectivity index is 1.42. The van der Waals surface area contributed by atoms with Crippen LogP contribution >= 0.6 is 11.3 Å². The number of hydrogen-bond acceptors (Lipinski definition) is 4. The normalized spacial score (nSPS) is 28.9. The molecule has 4 nitrogen and oxygen atoms in total. The molecule has 1 amide bonds. The van der Waals surface area contributed by atoms with E-state index in [1.807, 2.05) is 17.2 Å². The summed E-state index contributed by atoms with van der Waals surface area (Å²) < 4.78 is 1.19. The molecule has 4 fully saturated rings. The average molecular weight is 432 g/mol. The molecule has 31 heavy (non-hydrogen) atoms. The van der Waals surface area contributed by atoms with Gasteiger partial charge in [0, 0.05) is 12.4 Å². The van der Waals surface area contributed by atoms with E-state index in [2.05, 4.69) is 37.0 Å². The highest BCUT2D eigenvalue weighted by Gasteiger charge is 2.56. The molecular formula is C26H29N3OS. The minimum absolute atomic E-state index is 0.181. The van der Waals surface area contributed by atoms with Crippen LogP contribution in [0.15, 0.2) is 36.7 Å². The van der Waals surface area contributed by atoms with Crippen LogP contribution in [-0.4, -0.2) is 15.9 Å². The first-order valence-corrected chi connectivity index (χ1v) is 12.4. The van der Waals surface area contributed by atoms with Crippen molar-refractivity contribution in [1.82, 2.24) is 9.97 Å². The SMILES string of the molecule is Cc1cc(C)c2sc(N(Cc3cccnc3)C(=O)C34CC5CC(CC(C5)C3)C4)nc2c1. The van der Waals surface area contributed by atoms with Gasteiger partial charge in [-0.3, -0.25) is 14.7 Å². The minimum Gasteiger partial charge on any atom is -0.283 e. The van der Waals surface area contributed by atoms with Crippen molar-refractivity contribution in [2.45, 2.75) is 58.9 Å². The highest BCUT2D eigenvalue weighted by atomic mass is 32.1. The molecule has 4 saturated carbocycles. The monoisotopic (exact) mass is 431 g/mol. The van der Waals surface area contributed by atoms with E-state index in [9.17, 15) is 4.79 Å². The molecule has 2 aromatic heterocycles. The third-order valence-corrected chi connectivity index (χ3v) is 9.07. The van der Waals surface area contributed by atoms with Gasteiger partial charge in [0.1, 0.15) is 0 Å². The van der Waals surface area contributed by atoms with E-state index in [0.29, 0.717) is 12.5 Å². The minimum atomic E-state index is -0.181. The first-order chi connectivity index (χ1) is 15.0. The Morgan fingerprint density at radius 1 is 1.13 bits per heavy atom. The van der Waals surface area contributed by atoms with Crippen molar-refractivity contribution in [3.63, 3.8) is 0 Å². The first kappa shape index (κ1) is 19.4. The number of aromatic nitrogens is 2. The van der Waals surface area contributed by atoms with Crippen LogP contribution in [0.2, 0.25) is 0 Å². The van der Waals surface area contributed by atoms with Crippen molar-refractivity contribution >= 4 is 32.6 Å². The van der Waals surface area contributed by atoms with Gasteiger partial charge >= 0.3 is 0 Å². The molecule has 4 bridgehead atoms.